The van der Waals surface area contributed by atoms with E-state index in [-0.39, 0.29) is 0 Å². The Hall–Kier alpha value is -0.230. The van der Waals surface area contributed by atoms with Crippen molar-refractivity contribution in [1.29, 1.82) is 0 Å². The average Bonchev–Trinajstić information content (AvgIpc) is 2.81. The normalized spacial score (nSPS) is 12.9. The minimum Gasteiger partial charge on any atom is -0.304 e. The number of nitrogens with one attached hydrogen (secondary N) is 1. The second-order valence-corrected chi connectivity index (χ2v) is 7.77. The summed E-state index contributed by atoms with van der Waals surface area (Å²) >= 11 is 7.04. The molecule has 0 fully saturated rings. The lowest BCUT2D eigenvalue weighted by atomic mass is 10.2. The van der Waals surface area contributed by atoms with E-state index in [9.17, 15) is 0 Å². The molecule has 2 heterocycles. The van der Waals surface area contributed by atoms with Crippen molar-refractivity contribution in [3.8, 4) is 0 Å². The molecule has 1 unspecified atom stereocenters. The Labute approximate surface area is 118 Å². The summed E-state index contributed by atoms with van der Waals surface area (Å²) in [5, 5.41) is 4.69. The predicted octanol–water partition coefficient (Wildman–Crippen LogP) is 4.43. The van der Waals surface area contributed by atoms with Crippen molar-refractivity contribution in [2.75, 3.05) is 0 Å². The Kier molecular flexibility index (Phi) is 4.36. The van der Waals surface area contributed by atoms with E-state index in [1.165, 1.54) is 13.5 Å². The van der Waals surface area contributed by atoms with E-state index in [0.717, 1.165) is 17.2 Å². The molecule has 0 aliphatic rings. The maximum Gasteiger partial charge on any atom is 0.0900 e. The van der Waals surface area contributed by atoms with Gasteiger partial charge in [-0.2, -0.15) is 0 Å². The van der Waals surface area contributed by atoms with Crippen LogP contribution in [0.5, 0.6) is 0 Å². The monoisotopic (exact) mass is 330 g/mol. The van der Waals surface area contributed by atoms with E-state index < -0.39 is 0 Å². The Morgan fingerprint density at radius 2 is 2.12 bits per heavy atom. The molecule has 2 aromatic heterocycles. The molecule has 0 radical (unpaired) electrons. The lowest BCUT2D eigenvalue weighted by Crippen LogP contribution is -2.17. The number of thiophene rings is 1. The van der Waals surface area contributed by atoms with Crippen LogP contribution in [0.3, 0.4) is 0 Å². The van der Waals surface area contributed by atoms with Crippen molar-refractivity contribution in [2.45, 2.75) is 33.4 Å². The van der Waals surface area contributed by atoms with Gasteiger partial charge in [-0.3, -0.25) is 0 Å². The highest BCUT2D eigenvalue weighted by Crippen LogP contribution is 2.26. The van der Waals surface area contributed by atoms with Crippen LogP contribution in [0.15, 0.2) is 15.9 Å². The van der Waals surface area contributed by atoms with Crippen molar-refractivity contribution < 1.29 is 0 Å². The van der Waals surface area contributed by atoms with Crippen molar-refractivity contribution >= 4 is 38.6 Å². The largest absolute Gasteiger partial charge is 0.304 e. The first-order valence-corrected chi connectivity index (χ1v) is 7.90. The number of rotatable bonds is 4. The van der Waals surface area contributed by atoms with Gasteiger partial charge in [0.25, 0.3) is 0 Å². The maximum atomic E-state index is 4.46. The summed E-state index contributed by atoms with van der Waals surface area (Å²) in [4.78, 5) is 7.16. The number of aromatic nitrogens is 1. The fourth-order valence-electron chi connectivity index (χ4n) is 1.74. The van der Waals surface area contributed by atoms with E-state index in [2.05, 4.69) is 59.1 Å². The molecule has 0 saturated heterocycles. The number of aryl methyl sites for hydroxylation is 2. The molecule has 0 aliphatic heterocycles. The molecule has 0 amide bonds. The summed E-state index contributed by atoms with van der Waals surface area (Å²) in [6.45, 7) is 7.25. The van der Waals surface area contributed by atoms with Crippen LogP contribution in [0.1, 0.15) is 33.4 Å². The van der Waals surface area contributed by atoms with Crippen LogP contribution < -0.4 is 5.32 Å². The molecular formula is C12H15BrN2S2. The van der Waals surface area contributed by atoms with Gasteiger partial charge in [0.2, 0.25) is 0 Å². The highest BCUT2D eigenvalue weighted by Gasteiger charge is 2.12. The molecule has 0 bridgehead atoms. The fourth-order valence-corrected chi connectivity index (χ4v) is 4.13. The smallest absolute Gasteiger partial charge is 0.0900 e. The Bertz CT molecular complexity index is 504. The molecule has 0 aromatic carbocycles. The van der Waals surface area contributed by atoms with Crippen molar-refractivity contribution in [3.05, 3.63) is 36.4 Å². The lowest BCUT2D eigenvalue weighted by Gasteiger charge is -2.11. The average molecular weight is 331 g/mol. The number of nitrogens with zero attached hydrogens (tertiary/aromatic N) is 1. The molecule has 2 nitrogen and oxygen atoms in total. The van der Waals surface area contributed by atoms with E-state index >= 15 is 0 Å². The van der Waals surface area contributed by atoms with Crippen LogP contribution in [-0.2, 0) is 6.54 Å². The molecule has 17 heavy (non-hydrogen) atoms. The minimum absolute atomic E-state index is 0.363. The first-order chi connectivity index (χ1) is 8.06. The molecule has 1 atom stereocenters. The maximum absolute atomic E-state index is 4.46. The Morgan fingerprint density at radius 1 is 1.35 bits per heavy atom. The third-order valence-electron chi connectivity index (χ3n) is 2.54. The highest BCUT2D eigenvalue weighted by molar-refractivity contribution is 9.11. The fraction of sp³-hybridized carbons (Fsp3) is 0.417. The van der Waals surface area contributed by atoms with Gasteiger partial charge in [0.15, 0.2) is 0 Å². The van der Waals surface area contributed by atoms with Gasteiger partial charge in [-0.25, -0.2) is 4.98 Å². The van der Waals surface area contributed by atoms with E-state index in [1.54, 1.807) is 22.7 Å². The summed E-state index contributed by atoms with van der Waals surface area (Å²) in [7, 11) is 0. The van der Waals surface area contributed by atoms with E-state index in [4.69, 9.17) is 0 Å². The molecule has 5 heteroatoms. The zero-order valence-corrected chi connectivity index (χ0v) is 13.3. The Morgan fingerprint density at radius 3 is 2.65 bits per heavy atom. The predicted molar refractivity (Wildman–Crippen MR) is 78.9 cm³/mol. The zero-order valence-electron chi connectivity index (χ0n) is 10.1. The molecule has 92 valence electrons. The number of hydrogen-bond acceptors (Lipinski definition) is 4. The quantitative estimate of drug-likeness (QED) is 0.896. The van der Waals surface area contributed by atoms with Crippen LogP contribution in [0.25, 0.3) is 0 Å². The van der Waals surface area contributed by atoms with Gasteiger partial charge < -0.3 is 5.32 Å². The van der Waals surface area contributed by atoms with Crippen molar-refractivity contribution in [1.82, 2.24) is 10.3 Å². The standard InChI is InChI=1S/C12H15BrN2S2/c1-7(12-8(2)15-9(3)16-12)14-6-10-4-5-11(13)17-10/h4-5,7,14H,6H2,1-3H3. The van der Waals surface area contributed by atoms with E-state index in [0.29, 0.717) is 6.04 Å². The van der Waals surface area contributed by atoms with Crippen LogP contribution in [0.4, 0.5) is 0 Å². The number of hydrogen-bond donors (Lipinski definition) is 1. The van der Waals surface area contributed by atoms with Crippen LogP contribution in [0, 0.1) is 13.8 Å². The first kappa shape index (κ1) is 13.2. The lowest BCUT2D eigenvalue weighted by molar-refractivity contribution is 0.584. The second kappa shape index (κ2) is 5.61. The van der Waals surface area contributed by atoms with Gasteiger partial charge in [-0.15, -0.1) is 22.7 Å². The third kappa shape index (κ3) is 3.37. The van der Waals surface area contributed by atoms with Gasteiger partial charge >= 0.3 is 0 Å². The molecule has 0 spiro atoms. The second-order valence-electron chi connectivity index (χ2n) is 3.99. The number of halogens is 1. The van der Waals surface area contributed by atoms with Gasteiger partial charge in [0.1, 0.15) is 0 Å². The number of thiazole rings is 1. The van der Waals surface area contributed by atoms with Gasteiger partial charge in [0, 0.05) is 22.3 Å². The van der Waals surface area contributed by atoms with Crippen LogP contribution in [-0.4, -0.2) is 4.98 Å². The molecule has 0 aliphatic carbocycles. The van der Waals surface area contributed by atoms with E-state index in [1.807, 2.05) is 0 Å². The van der Waals surface area contributed by atoms with Crippen LogP contribution in [0.2, 0.25) is 0 Å². The summed E-state index contributed by atoms with van der Waals surface area (Å²) in [5.74, 6) is 0. The van der Waals surface area contributed by atoms with Crippen molar-refractivity contribution in [2.24, 2.45) is 0 Å². The molecule has 2 aromatic rings. The summed E-state index contributed by atoms with van der Waals surface area (Å²) in [6.07, 6.45) is 0. The Balaban J connectivity index is 1.97. The van der Waals surface area contributed by atoms with Crippen LogP contribution >= 0.6 is 38.6 Å². The van der Waals surface area contributed by atoms with Crippen molar-refractivity contribution in [3.63, 3.8) is 0 Å². The highest BCUT2D eigenvalue weighted by atomic mass is 79.9. The van der Waals surface area contributed by atoms with Gasteiger partial charge in [-0.05, 0) is 48.8 Å². The SMILES string of the molecule is Cc1nc(C)c(C(C)NCc2ccc(Br)s2)s1. The first-order valence-electron chi connectivity index (χ1n) is 5.48. The third-order valence-corrected chi connectivity index (χ3v) is 5.42. The summed E-state index contributed by atoms with van der Waals surface area (Å²) in [5.41, 5.74) is 1.15. The molecule has 0 saturated carbocycles. The summed E-state index contributed by atoms with van der Waals surface area (Å²) < 4.78 is 1.19. The summed E-state index contributed by atoms with van der Waals surface area (Å²) in [6, 6.07) is 4.61. The molecule has 2 rings (SSSR count). The topological polar surface area (TPSA) is 24.9 Å². The van der Waals surface area contributed by atoms with Gasteiger partial charge in [-0.1, -0.05) is 0 Å². The zero-order chi connectivity index (χ0) is 12.4. The van der Waals surface area contributed by atoms with Gasteiger partial charge in [0.05, 0.1) is 14.5 Å². The minimum atomic E-state index is 0.363. The molecular weight excluding hydrogens is 316 g/mol. The molecule has 1 N–H and O–H groups in total.